The van der Waals surface area contributed by atoms with Crippen LogP contribution in [0.5, 0.6) is 5.75 Å². The largest absolute Gasteiger partial charge is 0.573 e. The van der Waals surface area contributed by atoms with E-state index in [1.54, 1.807) is 0 Å². The molecule has 1 atom stereocenters. The van der Waals surface area contributed by atoms with Crippen LogP contribution in [0, 0.1) is 0 Å². The Morgan fingerprint density at radius 3 is 2.55 bits per heavy atom. The quantitative estimate of drug-likeness (QED) is 0.214. The number of aromatic nitrogens is 7. The van der Waals surface area contributed by atoms with Crippen LogP contribution in [0.2, 0.25) is 0 Å². The molecule has 0 bridgehead atoms. The van der Waals surface area contributed by atoms with Crippen molar-refractivity contribution in [2.24, 2.45) is 0 Å². The van der Waals surface area contributed by atoms with Crippen LogP contribution in [-0.2, 0) is 36.8 Å². The molecule has 3 heterocycles. The van der Waals surface area contributed by atoms with Crippen LogP contribution in [0.4, 0.5) is 32.2 Å². The van der Waals surface area contributed by atoms with E-state index in [4.69, 9.17) is 0 Å². The number of nitrogens with zero attached hydrogens (tertiary/aromatic N) is 7. The summed E-state index contributed by atoms with van der Waals surface area (Å²) < 4.78 is 85.1. The maximum atomic E-state index is 14.6. The first-order valence-electron chi connectivity index (χ1n) is 12.9. The lowest BCUT2D eigenvalue weighted by Crippen LogP contribution is -2.24. The minimum Gasteiger partial charge on any atom is -0.406 e. The lowest BCUT2D eigenvalue weighted by molar-refractivity contribution is -0.274. The number of carbonyl (C=O) groups excluding carboxylic acids is 2. The topological polar surface area (TPSA) is 142 Å². The third-order valence-corrected chi connectivity index (χ3v) is 5.88. The number of benzene rings is 1. The van der Waals surface area contributed by atoms with Crippen molar-refractivity contribution >= 4 is 17.6 Å². The Hall–Kier alpha value is -5.03. The molecule has 3 aromatic heterocycles. The molecule has 0 aliphatic carbocycles. The number of ether oxygens (including phenoxy) is 1. The minimum atomic E-state index is -4.86. The van der Waals surface area contributed by atoms with Crippen LogP contribution < -0.4 is 15.4 Å². The maximum Gasteiger partial charge on any atom is 0.573 e. The Labute approximate surface area is 245 Å². The lowest BCUT2D eigenvalue weighted by atomic mass is 10.1. The van der Waals surface area contributed by atoms with E-state index in [0.29, 0.717) is 0 Å². The molecule has 2 N–H and O–H groups in total. The summed E-state index contributed by atoms with van der Waals surface area (Å²) in [5, 5.41) is 20.0. The number of pyridine rings is 1. The van der Waals surface area contributed by atoms with E-state index in [-0.39, 0.29) is 60.8 Å². The molecular formula is C26H25F6N9O3. The zero-order valence-corrected chi connectivity index (χ0v) is 22.9. The standard InChI is InChI=1S/C26H25F6N9O3/c1-25(28,29)17-5-7-33-19(11-17)12-34-24(43)21-14-41(38-36-21)13-18(27)6-8-40-15-22(37-39-40)35-23(42)10-16-3-2-4-20(9-16)44-26(30,31)32/h2-5,7,9,11,14-15,18H,6,8,10,12-13H2,1H3,(H,34,43)(H,35,42). The molecule has 44 heavy (non-hydrogen) atoms. The van der Waals surface area contributed by atoms with E-state index >= 15 is 0 Å². The summed E-state index contributed by atoms with van der Waals surface area (Å²) in [6.45, 7) is 0.461. The Morgan fingerprint density at radius 2 is 1.80 bits per heavy atom. The van der Waals surface area contributed by atoms with Gasteiger partial charge in [0, 0.05) is 31.6 Å². The third-order valence-electron chi connectivity index (χ3n) is 5.88. The Kier molecular flexibility index (Phi) is 9.80. The predicted octanol–water partition coefficient (Wildman–Crippen LogP) is 3.81. The van der Waals surface area contributed by atoms with Gasteiger partial charge in [0.15, 0.2) is 11.5 Å². The summed E-state index contributed by atoms with van der Waals surface area (Å²) in [5.41, 5.74) is 0.142. The molecule has 12 nitrogen and oxygen atoms in total. The van der Waals surface area contributed by atoms with Crippen molar-refractivity contribution in [3.8, 4) is 5.75 Å². The van der Waals surface area contributed by atoms with Gasteiger partial charge in [0.1, 0.15) is 11.9 Å². The average molecular weight is 626 g/mol. The number of aryl methyl sites for hydroxylation is 1. The maximum absolute atomic E-state index is 14.6. The summed E-state index contributed by atoms with van der Waals surface area (Å²) in [5.74, 6) is -4.67. The Balaban J connectivity index is 1.20. The van der Waals surface area contributed by atoms with Gasteiger partial charge in [-0.05, 0) is 29.8 Å². The Bertz CT molecular complexity index is 1590. The highest BCUT2D eigenvalue weighted by Crippen LogP contribution is 2.26. The first kappa shape index (κ1) is 31.9. The molecule has 18 heteroatoms. The van der Waals surface area contributed by atoms with Crippen LogP contribution in [0.25, 0.3) is 0 Å². The van der Waals surface area contributed by atoms with Crippen LogP contribution in [-0.4, -0.2) is 59.3 Å². The van der Waals surface area contributed by atoms with Crippen molar-refractivity contribution in [2.45, 2.75) is 57.9 Å². The van der Waals surface area contributed by atoms with E-state index in [9.17, 15) is 35.9 Å². The number of nitrogens with one attached hydrogen (secondary N) is 2. The smallest absolute Gasteiger partial charge is 0.406 e. The molecule has 2 amide bonds. The van der Waals surface area contributed by atoms with Crippen LogP contribution in [0.1, 0.15) is 40.7 Å². The average Bonchev–Trinajstić information content (AvgIpc) is 3.59. The van der Waals surface area contributed by atoms with E-state index in [1.165, 1.54) is 47.5 Å². The number of halogens is 6. The molecule has 0 radical (unpaired) electrons. The van der Waals surface area contributed by atoms with Crippen LogP contribution in [0.3, 0.4) is 0 Å². The number of anilines is 1. The third kappa shape index (κ3) is 9.77. The van der Waals surface area contributed by atoms with Gasteiger partial charge < -0.3 is 15.4 Å². The summed E-state index contributed by atoms with van der Waals surface area (Å²) in [4.78, 5) is 28.6. The van der Waals surface area contributed by atoms with Gasteiger partial charge in [0.25, 0.3) is 11.8 Å². The van der Waals surface area contributed by atoms with E-state index in [1.807, 2.05) is 0 Å². The monoisotopic (exact) mass is 625 g/mol. The van der Waals surface area contributed by atoms with E-state index in [2.05, 4.69) is 41.0 Å². The second kappa shape index (κ2) is 13.5. The predicted molar refractivity (Wildman–Crippen MR) is 140 cm³/mol. The summed E-state index contributed by atoms with van der Waals surface area (Å²) in [6, 6.07) is 7.33. The minimum absolute atomic E-state index is 0.0335. The van der Waals surface area contributed by atoms with Crippen molar-refractivity contribution in [1.82, 2.24) is 40.3 Å². The molecular weight excluding hydrogens is 600 g/mol. The lowest BCUT2D eigenvalue weighted by Gasteiger charge is -2.11. The molecule has 1 aromatic carbocycles. The van der Waals surface area contributed by atoms with Crippen molar-refractivity contribution < 1.29 is 40.7 Å². The molecule has 0 saturated carbocycles. The second-order valence-electron chi connectivity index (χ2n) is 9.61. The fraction of sp³-hybridized carbons (Fsp3) is 0.346. The molecule has 4 aromatic rings. The van der Waals surface area contributed by atoms with Crippen molar-refractivity contribution in [2.75, 3.05) is 5.32 Å². The normalized spacial score (nSPS) is 12.5. The van der Waals surface area contributed by atoms with E-state index in [0.717, 1.165) is 23.7 Å². The molecule has 0 spiro atoms. The molecule has 4 rings (SSSR count). The first-order chi connectivity index (χ1) is 20.7. The van der Waals surface area contributed by atoms with Gasteiger partial charge in [0.2, 0.25) is 5.91 Å². The molecule has 0 aliphatic rings. The van der Waals surface area contributed by atoms with Gasteiger partial charge in [-0.25, -0.2) is 17.9 Å². The number of hydrogen-bond acceptors (Lipinski definition) is 8. The second-order valence-corrected chi connectivity index (χ2v) is 9.61. The zero-order chi connectivity index (χ0) is 31.9. The molecule has 0 fully saturated rings. The van der Waals surface area contributed by atoms with Gasteiger partial charge in [-0.1, -0.05) is 22.6 Å². The fourth-order valence-corrected chi connectivity index (χ4v) is 3.86. The SMILES string of the molecule is CC(F)(F)c1ccnc(CNC(=O)c2cn(CC(F)CCn3cc(NC(=O)Cc4cccc(OC(F)(F)F)c4)nn3)nn2)c1. The van der Waals surface area contributed by atoms with Gasteiger partial charge in [0.05, 0.1) is 37.6 Å². The number of rotatable bonds is 13. The molecule has 234 valence electrons. The number of carbonyl (C=O) groups is 2. The van der Waals surface area contributed by atoms with E-state index < -0.39 is 36.0 Å². The number of alkyl halides is 6. The number of amides is 2. The summed E-state index contributed by atoms with van der Waals surface area (Å²) in [7, 11) is 0. The Morgan fingerprint density at radius 1 is 1.02 bits per heavy atom. The molecule has 0 aliphatic heterocycles. The van der Waals surface area contributed by atoms with Crippen molar-refractivity contribution in [1.29, 1.82) is 0 Å². The number of hydrogen-bond donors (Lipinski definition) is 2. The molecule has 0 saturated heterocycles. The van der Waals surface area contributed by atoms with Crippen molar-refractivity contribution in [3.05, 3.63) is 77.5 Å². The van der Waals surface area contributed by atoms with Crippen LogP contribution >= 0.6 is 0 Å². The highest BCUT2D eigenvalue weighted by atomic mass is 19.4. The van der Waals surface area contributed by atoms with Crippen molar-refractivity contribution in [3.63, 3.8) is 0 Å². The summed E-state index contributed by atoms with van der Waals surface area (Å²) in [6.07, 6.45) is -2.77. The van der Waals surface area contributed by atoms with Crippen LogP contribution in [0.15, 0.2) is 55.0 Å². The summed E-state index contributed by atoms with van der Waals surface area (Å²) >= 11 is 0. The van der Waals surface area contributed by atoms with Gasteiger partial charge >= 0.3 is 6.36 Å². The fourth-order valence-electron chi connectivity index (χ4n) is 3.86. The van der Waals surface area contributed by atoms with Gasteiger partial charge in [-0.15, -0.1) is 23.4 Å². The first-order valence-corrected chi connectivity index (χ1v) is 12.9. The van der Waals surface area contributed by atoms with Gasteiger partial charge in [-0.3, -0.25) is 19.3 Å². The zero-order valence-electron chi connectivity index (χ0n) is 22.9. The van der Waals surface area contributed by atoms with Gasteiger partial charge in [-0.2, -0.15) is 0 Å². The molecule has 1 unspecified atom stereocenters. The highest BCUT2D eigenvalue weighted by Gasteiger charge is 2.31. The highest BCUT2D eigenvalue weighted by molar-refractivity contribution is 5.92.